The molecule has 0 spiro atoms. The van der Waals surface area contributed by atoms with Crippen LogP contribution in [0.1, 0.15) is 5.56 Å². The van der Waals surface area contributed by atoms with Gasteiger partial charge in [-0.1, -0.05) is 23.7 Å². The first kappa shape index (κ1) is 10.2. The molecule has 0 fully saturated rings. The number of halogens is 1. The van der Waals surface area contributed by atoms with E-state index in [1.165, 1.54) is 5.56 Å². The molecule has 0 atom stereocenters. The molecule has 0 aliphatic heterocycles. The predicted octanol–water partition coefficient (Wildman–Crippen LogP) is 1.67. The van der Waals surface area contributed by atoms with Crippen molar-refractivity contribution in [2.45, 2.75) is 6.42 Å². The van der Waals surface area contributed by atoms with Gasteiger partial charge in [0.2, 0.25) is 0 Å². The zero-order valence-electron chi connectivity index (χ0n) is 7.29. The summed E-state index contributed by atoms with van der Waals surface area (Å²) in [5, 5.41) is 3.75. The molecule has 2 nitrogen and oxygen atoms in total. The average molecular weight is 198 g/mol. The second-order valence-electron chi connectivity index (χ2n) is 2.75. The highest BCUT2D eigenvalue weighted by molar-refractivity contribution is 6.30. The fourth-order valence-corrected chi connectivity index (χ4v) is 1.17. The number of rotatable bonds is 5. The third-order valence-electron chi connectivity index (χ3n) is 1.73. The minimum Gasteiger partial charge on any atom is -0.310 e. The Hall–Kier alpha value is -0.860. The van der Waals surface area contributed by atoms with Crippen molar-refractivity contribution >= 4 is 17.9 Å². The molecule has 0 aliphatic carbocycles. The Labute approximate surface area is 82.9 Å². The van der Waals surface area contributed by atoms with Crippen molar-refractivity contribution in [1.82, 2.24) is 5.32 Å². The van der Waals surface area contributed by atoms with Crippen LogP contribution in [0.25, 0.3) is 0 Å². The molecule has 0 radical (unpaired) electrons. The van der Waals surface area contributed by atoms with Gasteiger partial charge in [0.05, 0.1) is 6.54 Å². The van der Waals surface area contributed by atoms with E-state index in [0.29, 0.717) is 6.54 Å². The van der Waals surface area contributed by atoms with E-state index in [9.17, 15) is 4.79 Å². The van der Waals surface area contributed by atoms with Crippen molar-refractivity contribution < 1.29 is 4.79 Å². The van der Waals surface area contributed by atoms with Gasteiger partial charge in [-0.15, -0.1) is 0 Å². The van der Waals surface area contributed by atoms with Crippen LogP contribution >= 0.6 is 11.6 Å². The van der Waals surface area contributed by atoms with Crippen molar-refractivity contribution in [3.63, 3.8) is 0 Å². The van der Waals surface area contributed by atoms with Crippen LogP contribution in [0, 0.1) is 0 Å². The molecule has 1 aromatic rings. The molecule has 0 saturated carbocycles. The SMILES string of the molecule is O=CCNCCc1ccc(Cl)cc1. The predicted molar refractivity (Wildman–Crippen MR) is 54.1 cm³/mol. The number of hydrogen-bond acceptors (Lipinski definition) is 2. The summed E-state index contributed by atoms with van der Waals surface area (Å²) in [5.41, 5.74) is 1.22. The molecule has 1 N–H and O–H groups in total. The van der Waals surface area contributed by atoms with E-state index in [-0.39, 0.29) is 0 Å². The Balaban J connectivity index is 2.28. The molecule has 0 heterocycles. The van der Waals surface area contributed by atoms with Gasteiger partial charge in [0.15, 0.2) is 0 Å². The Morgan fingerprint density at radius 1 is 1.31 bits per heavy atom. The highest BCUT2D eigenvalue weighted by Gasteiger charge is 1.92. The lowest BCUT2D eigenvalue weighted by molar-refractivity contribution is -0.107. The minimum atomic E-state index is 0.424. The van der Waals surface area contributed by atoms with Gasteiger partial charge in [0.1, 0.15) is 6.29 Å². The number of aldehydes is 1. The fourth-order valence-electron chi connectivity index (χ4n) is 1.04. The third-order valence-corrected chi connectivity index (χ3v) is 1.98. The topological polar surface area (TPSA) is 29.1 Å². The maximum atomic E-state index is 9.98. The number of hydrogen-bond donors (Lipinski definition) is 1. The lowest BCUT2D eigenvalue weighted by Gasteiger charge is -2.01. The van der Waals surface area contributed by atoms with Gasteiger partial charge in [-0.05, 0) is 30.7 Å². The molecule has 0 amide bonds. The molecule has 0 unspecified atom stereocenters. The minimum absolute atomic E-state index is 0.424. The molecule has 0 bridgehead atoms. The van der Waals surface area contributed by atoms with Gasteiger partial charge in [0.25, 0.3) is 0 Å². The monoisotopic (exact) mass is 197 g/mol. The maximum Gasteiger partial charge on any atom is 0.133 e. The van der Waals surface area contributed by atoms with Gasteiger partial charge in [-0.25, -0.2) is 0 Å². The van der Waals surface area contributed by atoms with E-state index < -0.39 is 0 Å². The fraction of sp³-hybridized carbons (Fsp3) is 0.300. The highest BCUT2D eigenvalue weighted by atomic mass is 35.5. The van der Waals surface area contributed by atoms with Crippen LogP contribution < -0.4 is 5.32 Å². The molecular weight excluding hydrogens is 186 g/mol. The van der Waals surface area contributed by atoms with Crippen molar-refractivity contribution in [3.05, 3.63) is 34.9 Å². The van der Waals surface area contributed by atoms with Crippen LogP contribution in [0.3, 0.4) is 0 Å². The van der Waals surface area contributed by atoms with Gasteiger partial charge in [0, 0.05) is 5.02 Å². The quantitative estimate of drug-likeness (QED) is 0.575. The van der Waals surface area contributed by atoms with E-state index in [4.69, 9.17) is 11.6 Å². The van der Waals surface area contributed by atoms with Gasteiger partial charge >= 0.3 is 0 Å². The Bertz CT molecular complexity index is 258. The molecule has 0 aromatic heterocycles. The maximum absolute atomic E-state index is 9.98. The molecule has 70 valence electrons. The summed E-state index contributed by atoms with van der Waals surface area (Å²) >= 11 is 5.73. The van der Waals surface area contributed by atoms with Crippen LogP contribution in [0.15, 0.2) is 24.3 Å². The van der Waals surface area contributed by atoms with Crippen molar-refractivity contribution in [3.8, 4) is 0 Å². The molecule has 3 heteroatoms. The summed E-state index contributed by atoms with van der Waals surface area (Å²) in [6.45, 7) is 1.24. The largest absolute Gasteiger partial charge is 0.310 e. The third kappa shape index (κ3) is 4.06. The zero-order valence-corrected chi connectivity index (χ0v) is 8.05. The first-order valence-corrected chi connectivity index (χ1v) is 4.59. The number of nitrogens with one attached hydrogen (secondary N) is 1. The average Bonchev–Trinajstić information content (AvgIpc) is 2.15. The molecule has 1 aromatic carbocycles. The van der Waals surface area contributed by atoms with Crippen LogP contribution in [0.2, 0.25) is 5.02 Å². The van der Waals surface area contributed by atoms with Crippen molar-refractivity contribution in [1.29, 1.82) is 0 Å². The Morgan fingerprint density at radius 2 is 2.00 bits per heavy atom. The summed E-state index contributed by atoms with van der Waals surface area (Å²) in [7, 11) is 0. The molecule has 13 heavy (non-hydrogen) atoms. The highest BCUT2D eigenvalue weighted by Crippen LogP contribution is 2.09. The second kappa shape index (κ2) is 5.73. The molecular formula is C10H12ClNO. The van der Waals surface area contributed by atoms with E-state index in [2.05, 4.69) is 5.32 Å². The molecule has 1 rings (SSSR count). The number of benzene rings is 1. The van der Waals surface area contributed by atoms with Crippen LogP contribution in [0.4, 0.5) is 0 Å². The second-order valence-corrected chi connectivity index (χ2v) is 3.18. The van der Waals surface area contributed by atoms with Gasteiger partial charge in [-0.2, -0.15) is 0 Å². The Kier molecular flexibility index (Phi) is 4.50. The van der Waals surface area contributed by atoms with Gasteiger partial charge in [-0.3, -0.25) is 0 Å². The van der Waals surface area contributed by atoms with E-state index in [0.717, 1.165) is 24.3 Å². The van der Waals surface area contributed by atoms with Crippen molar-refractivity contribution in [2.75, 3.05) is 13.1 Å². The number of carbonyl (C=O) groups excluding carboxylic acids is 1. The van der Waals surface area contributed by atoms with Crippen LogP contribution in [-0.4, -0.2) is 19.4 Å². The Morgan fingerprint density at radius 3 is 2.62 bits per heavy atom. The van der Waals surface area contributed by atoms with E-state index >= 15 is 0 Å². The summed E-state index contributed by atoms with van der Waals surface area (Å²) in [6, 6.07) is 7.73. The van der Waals surface area contributed by atoms with E-state index in [1.807, 2.05) is 24.3 Å². The van der Waals surface area contributed by atoms with Gasteiger partial charge < -0.3 is 10.1 Å². The van der Waals surface area contributed by atoms with Crippen LogP contribution in [-0.2, 0) is 11.2 Å². The summed E-state index contributed by atoms with van der Waals surface area (Å²) in [5.74, 6) is 0. The lowest BCUT2D eigenvalue weighted by atomic mass is 10.1. The summed E-state index contributed by atoms with van der Waals surface area (Å²) in [4.78, 5) is 9.98. The first-order chi connectivity index (χ1) is 6.33. The van der Waals surface area contributed by atoms with Crippen LogP contribution in [0.5, 0.6) is 0 Å². The van der Waals surface area contributed by atoms with Crippen molar-refractivity contribution in [2.24, 2.45) is 0 Å². The lowest BCUT2D eigenvalue weighted by Crippen LogP contribution is -2.19. The first-order valence-electron chi connectivity index (χ1n) is 4.21. The molecule has 0 aliphatic rings. The summed E-state index contributed by atoms with van der Waals surface area (Å²) in [6.07, 6.45) is 1.78. The zero-order chi connectivity index (χ0) is 9.52. The molecule has 0 saturated heterocycles. The normalized spacial score (nSPS) is 9.92. The summed E-state index contributed by atoms with van der Waals surface area (Å²) < 4.78 is 0. The van der Waals surface area contributed by atoms with E-state index in [1.54, 1.807) is 0 Å². The number of carbonyl (C=O) groups is 1. The smallest absolute Gasteiger partial charge is 0.133 e. The standard InChI is InChI=1S/C10H12ClNO/c11-10-3-1-9(2-4-10)5-6-12-7-8-13/h1-4,8,12H,5-7H2.